The van der Waals surface area contributed by atoms with Gasteiger partial charge >= 0.3 is 0 Å². The van der Waals surface area contributed by atoms with Crippen LogP contribution in [0.25, 0.3) is 33.8 Å². The van der Waals surface area contributed by atoms with Crippen LogP contribution in [0.15, 0.2) is 195 Å². The molecule has 9 rings (SSSR count). The summed E-state index contributed by atoms with van der Waals surface area (Å²) in [6.45, 7) is 3.59. The van der Waals surface area contributed by atoms with Crippen molar-refractivity contribution in [2.24, 2.45) is 0 Å². The number of amides is 4. The van der Waals surface area contributed by atoms with Crippen LogP contribution in [0.3, 0.4) is 0 Å². The summed E-state index contributed by atoms with van der Waals surface area (Å²) < 4.78 is 48.4. The van der Waals surface area contributed by atoms with Crippen LogP contribution in [0.1, 0.15) is 66.4 Å². The minimum absolute atomic E-state index is 0.0483. The lowest BCUT2D eigenvalue weighted by Crippen LogP contribution is -2.30. The first kappa shape index (κ1) is 70.1. The molecule has 4 amide bonds. The van der Waals surface area contributed by atoms with E-state index in [1.807, 2.05) is 67.5 Å². The maximum absolute atomic E-state index is 12.7. The van der Waals surface area contributed by atoms with Gasteiger partial charge in [-0.2, -0.15) is 0 Å². The van der Waals surface area contributed by atoms with Crippen LogP contribution in [-0.4, -0.2) is 121 Å². The molecule has 91 heavy (non-hydrogen) atoms. The third kappa shape index (κ3) is 21.9. The fourth-order valence-corrected chi connectivity index (χ4v) is 12.5. The zero-order chi connectivity index (χ0) is 65.8. The van der Waals surface area contributed by atoms with Crippen LogP contribution in [-0.2, 0) is 31.2 Å². The van der Waals surface area contributed by atoms with Gasteiger partial charge in [0.2, 0.25) is 0 Å². The first-order chi connectivity index (χ1) is 43.3. The SMILES string of the molecule is CC(O)CS(=O)(=O)Cc1ccc(C(=O)Nc2ccc(Cl)c(-c3ccccn3)c2)cc1.CN(C)CCS(=O)(=O)Cc1ccc(C(=O)Nc2ccc(Cl)c(-c3ccccn3)c2)cc1.C[C@@H](O)CNC(=O)c1ccc(C(=O)Nc2ccc(Cl)c(-c3ccccn3)c2)c(Cl)c1. The first-order valence-corrected chi connectivity index (χ1v) is 33.2. The highest BCUT2D eigenvalue weighted by atomic mass is 35.5. The molecular formula is C67H64Cl4N8O10S2. The Morgan fingerprint density at radius 3 is 1.22 bits per heavy atom. The Labute approximate surface area is 548 Å². The zero-order valence-corrected chi connectivity index (χ0v) is 54.3. The monoisotopic (exact) mass is 1340 g/mol. The summed E-state index contributed by atoms with van der Waals surface area (Å²) in [5, 5.41) is 31.3. The molecule has 0 radical (unpaired) electrons. The van der Waals surface area contributed by atoms with E-state index in [9.17, 15) is 46.2 Å². The van der Waals surface area contributed by atoms with Gasteiger partial charge in [-0.3, -0.25) is 34.1 Å². The van der Waals surface area contributed by atoms with E-state index < -0.39 is 37.8 Å². The number of benzene rings is 6. The van der Waals surface area contributed by atoms with Crippen molar-refractivity contribution in [1.82, 2.24) is 25.2 Å². The fourth-order valence-electron chi connectivity index (χ4n) is 8.58. The molecule has 9 aromatic rings. The molecule has 0 fully saturated rings. The predicted molar refractivity (Wildman–Crippen MR) is 361 cm³/mol. The number of carbonyl (C=O) groups is 4. The molecule has 1 unspecified atom stereocenters. The van der Waals surface area contributed by atoms with Crippen molar-refractivity contribution in [1.29, 1.82) is 0 Å². The van der Waals surface area contributed by atoms with Crippen molar-refractivity contribution >= 4 is 107 Å². The van der Waals surface area contributed by atoms with Crippen LogP contribution >= 0.6 is 46.4 Å². The number of hydrogen-bond donors (Lipinski definition) is 6. The molecule has 0 saturated carbocycles. The number of halogens is 4. The lowest BCUT2D eigenvalue weighted by atomic mass is 10.1. The minimum Gasteiger partial charge on any atom is -0.392 e. The largest absolute Gasteiger partial charge is 0.392 e. The Morgan fingerprint density at radius 1 is 0.462 bits per heavy atom. The lowest BCUT2D eigenvalue weighted by Gasteiger charge is -2.11. The number of aliphatic hydroxyl groups excluding tert-OH is 2. The van der Waals surface area contributed by atoms with Crippen LogP contribution in [0.5, 0.6) is 0 Å². The Kier molecular flexibility index (Phi) is 25.5. The molecule has 0 aliphatic carbocycles. The van der Waals surface area contributed by atoms with Gasteiger partial charge in [0.25, 0.3) is 23.6 Å². The summed E-state index contributed by atoms with van der Waals surface area (Å²) in [7, 11) is -2.95. The molecule has 3 aromatic heterocycles. The average Bonchev–Trinajstić information content (AvgIpc) is 1.54. The number of anilines is 3. The smallest absolute Gasteiger partial charge is 0.257 e. The van der Waals surface area contributed by atoms with E-state index >= 15 is 0 Å². The molecule has 6 aromatic carbocycles. The number of rotatable bonds is 21. The summed E-state index contributed by atoms with van der Waals surface area (Å²) in [4.78, 5) is 64.7. The third-order valence-electron chi connectivity index (χ3n) is 13.1. The standard InChI is InChI=1S/C23H24ClN3O3S.C22H19Cl2N3O3.C22H21ClN2O4S/c1-27(2)13-14-31(29,30)16-17-6-8-18(9-7-17)23(28)26-19-10-11-21(24)20(15-19)22-5-3-4-12-25-22;1-13(28)12-26-21(29)14-5-7-16(19(24)10-14)22(30)27-15-6-8-18(23)17(11-15)20-4-2-3-9-25-20;1-15(26)13-30(28,29)14-16-5-7-17(8-6-16)22(27)25-18-9-10-20(23)19(12-18)21-4-2-3-11-24-21/h3-12,15H,13-14,16H2,1-2H3,(H,26,28);2-11,13,28H,12H2,1H3,(H,26,29)(H,27,30);2-12,15,26H,13-14H2,1H3,(H,25,27)/t;13-;/m.1./s1. The van der Waals surface area contributed by atoms with E-state index in [0.29, 0.717) is 94.7 Å². The molecule has 0 bridgehead atoms. The number of pyridine rings is 3. The molecule has 0 aliphatic heterocycles. The van der Waals surface area contributed by atoms with Gasteiger partial charge in [-0.1, -0.05) is 88.9 Å². The lowest BCUT2D eigenvalue weighted by molar-refractivity contribution is 0.0922. The molecule has 24 heteroatoms. The Balaban J connectivity index is 0.000000194. The number of nitrogens with zero attached hydrogens (tertiary/aromatic N) is 4. The van der Waals surface area contributed by atoms with E-state index in [1.54, 1.807) is 135 Å². The molecule has 0 aliphatic rings. The molecule has 0 saturated heterocycles. The maximum Gasteiger partial charge on any atom is 0.257 e. The quantitative estimate of drug-likeness (QED) is 0.0391. The normalized spacial score (nSPS) is 11.8. The summed E-state index contributed by atoms with van der Waals surface area (Å²) in [6, 6.07) is 49.2. The number of aromatic nitrogens is 3. The second-order valence-electron chi connectivity index (χ2n) is 21.0. The molecule has 18 nitrogen and oxygen atoms in total. The molecule has 2 atom stereocenters. The van der Waals surface area contributed by atoms with Gasteiger partial charge in [0.05, 0.1) is 78.0 Å². The van der Waals surface area contributed by atoms with Crippen molar-refractivity contribution in [3.8, 4) is 33.8 Å². The summed E-state index contributed by atoms with van der Waals surface area (Å²) in [6.07, 6.45) is 3.43. The van der Waals surface area contributed by atoms with E-state index in [1.165, 1.54) is 25.1 Å². The van der Waals surface area contributed by atoms with E-state index in [2.05, 4.69) is 36.2 Å². The van der Waals surface area contributed by atoms with Gasteiger partial charge in [-0.25, -0.2) is 16.8 Å². The third-order valence-corrected chi connectivity index (χ3v) is 17.7. The second kappa shape index (κ2) is 33.1. The van der Waals surface area contributed by atoms with Crippen molar-refractivity contribution in [2.45, 2.75) is 37.6 Å². The number of aliphatic hydroxyl groups is 2. The highest BCUT2D eigenvalue weighted by Gasteiger charge is 2.19. The first-order valence-electron chi connectivity index (χ1n) is 28.1. The van der Waals surface area contributed by atoms with Crippen LogP contribution < -0.4 is 21.3 Å². The van der Waals surface area contributed by atoms with Gasteiger partial charge in [-0.05, 0) is 173 Å². The van der Waals surface area contributed by atoms with E-state index in [-0.39, 0.29) is 57.9 Å². The van der Waals surface area contributed by atoms with Crippen molar-refractivity contribution in [2.75, 3.05) is 54.6 Å². The highest BCUT2D eigenvalue weighted by Crippen LogP contribution is 2.33. The second-order valence-corrected chi connectivity index (χ2v) is 27.0. The number of nitrogens with one attached hydrogen (secondary N) is 4. The Bertz CT molecular complexity index is 4220. The topological polar surface area (TPSA) is 267 Å². The Hall–Kier alpha value is -8.41. The van der Waals surface area contributed by atoms with Crippen molar-refractivity contribution < 1.29 is 46.2 Å². The average molecular weight is 1350 g/mol. The molecule has 3 heterocycles. The van der Waals surface area contributed by atoms with E-state index in [0.717, 1.165) is 5.56 Å². The molecule has 6 N–H and O–H groups in total. The summed E-state index contributed by atoms with van der Waals surface area (Å²) >= 11 is 25.1. The van der Waals surface area contributed by atoms with Gasteiger partial charge in [0.15, 0.2) is 19.7 Å². The van der Waals surface area contributed by atoms with Crippen LogP contribution in [0.4, 0.5) is 17.1 Å². The molecule has 0 spiro atoms. The van der Waals surface area contributed by atoms with Gasteiger partial charge < -0.3 is 36.4 Å². The maximum atomic E-state index is 12.7. The van der Waals surface area contributed by atoms with Gasteiger partial charge in [0, 0.05) is 82.1 Å². The number of sulfone groups is 2. The number of carbonyl (C=O) groups excluding carboxylic acids is 4. The molecule has 472 valence electrons. The van der Waals surface area contributed by atoms with Gasteiger partial charge in [-0.15, -0.1) is 0 Å². The van der Waals surface area contributed by atoms with Gasteiger partial charge in [0.1, 0.15) is 0 Å². The predicted octanol–water partition coefficient (Wildman–Crippen LogP) is 12.5. The fraction of sp³-hybridized carbons (Fsp3) is 0.179. The zero-order valence-electron chi connectivity index (χ0n) is 49.7. The molecular weight excluding hydrogens is 1280 g/mol. The highest BCUT2D eigenvalue weighted by molar-refractivity contribution is 7.90. The van der Waals surface area contributed by atoms with Crippen LogP contribution in [0, 0.1) is 0 Å². The van der Waals surface area contributed by atoms with E-state index in [4.69, 9.17) is 46.4 Å². The Morgan fingerprint density at radius 2 is 0.857 bits per heavy atom. The summed E-state index contributed by atoms with van der Waals surface area (Å²) in [5.74, 6) is -1.88. The van der Waals surface area contributed by atoms with Crippen LogP contribution in [0.2, 0.25) is 20.1 Å². The van der Waals surface area contributed by atoms with Crippen molar-refractivity contribution in [3.05, 3.63) is 248 Å². The minimum atomic E-state index is -3.42. The number of hydrogen-bond acceptors (Lipinski definition) is 14. The summed E-state index contributed by atoms with van der Waals surface area (Å²) in [5.41, 5.74) is 8.42. The van der Waals surface area contributed by atoms with Crippen molar-refractivity contribution in [3.63, 3.8) is 0 Å².